The van der Waals surface area contributed by atoms with Crippen molar-refractivity contribution in [2.75, 3.05) is 18.5 Å². The van der Waals surface area contributed by atoms with Crippen molar-refractivity contribution in [2.24, 2.45) is 0 Å². The van der Waals surface area contributed by atoms with E-state index in [4.69, 9.17) is 4.74 Å². The number of nitrogens with one attached hydrogen (secondary N) is 2. The lowest BCUT2D eigenvalue weighted by atomic mass is 10.1. The zero-order valence-corrected chi connectivity index (χ0v) is 15.1. The van der Waals surface area contributed by atoms with Crippen molar-refractivity contribution >= 4 is 32.4 Å². The Morgan fingerprint density at radius 2 is 1.88 bits per heavy atom. The molecule has 0 fully saturated rings. The molecule has 24 heavy (non-hydrogen) atoms. The molecule has 8 nitrogen and oxygen atoms in total. The third-order valence-electron chi connectivity index (χ3n) is 2.78. The average molecular weight is 370 g/mol. The van der Waals surface area contributed by atoms with Gasteiger partial charge in [0.1, 0.15) is 12.4 Å². The lowest BCUT2D eigenvalue weighted by molar-refractivity contribution is -0.114. The van der Waals surface area contributed by atoms with Crippen LogP contribution in [0.15, 0.2) is 22.5 Å². The zero-order valence-electron chi connectivity index (χ0n) is 13.5. The van der Waals surface area contributed by atoms with Gasteiger partial charge in [-0.15, -0.1) is 10.2 Å². The summed E-state index contributed by atoms with van der Waals surface area (Å²) in [6.07, 6.45) is 0. The van der Waals surface area contributed by atoms with E-state index in [1.54, 1.807) is 0 Å². The van der Waals surface area contributed by atoms with E-state index in [1.807, 2.05) is 32.0 Å². The van der Waals surface area contributed by atoms with Crippen LogP contribution in [0, 0.1) is 13.8 Å². The van der Waals surface area contributed by atoms with Crippen molar-refractivity contribution < 1.29 is 17.9 Å². The number of carbonyl (C=O) groups excluding carboxylic acids is 1. The van der Waals surface area contributed by atoms with Gasteiger partial charge in [0.15, 0.2) is 0 Å². The number of benzene rings is 1. The molecule has 130 valence electrons. The third kappa shape index (κ3) is 5.25. The van der Waals surface area contributed by atoms with Crippen molar-refractivity contribution in [1.29, 1.82) is 0 Å². The number of hydrogen-bond acceptors (Lipinski definition) is 7. The molecule has 0 aliphatic rings. The van der Waals surface area contributed by atoms with Gasteiger partial charge in [0.05, 0.1) is 0 Å². The molecule has 1 amide bonds. The van der Waals surface area contributed by atoms with Gasteiger partial charge >= 0.3 is 0 Å². The second kappa shape index (κ2) is 7.69. The number of amides is 1. The van der Waals surface area contributed by atoms with Crippen LogP contribution in [0.4, 0.5) is 5.13 Å². The SMILES string of the molecule is CC(=O)Nc1nnc(S(=O)(=O)NCCOc2cc(C)cc(C)c2)s1. The number of anilines is 1. The highest BCUT2D eigenvalue weighted by Crippen LogP contribution is 2.19. The molecule has 0 bridgehead atoms. The van der Waals surface area contributed by atoms with E-state index < -0.39 is 10.0 Å². The van der Waals surface area contributed by atoms with E-state index in [1.165, 1.54) is 6.92 Å². The molecular weight excluding hydrogens is 352 g/mol. The fourth-order valence-corrected chi connectivity index (χ4v) is 3.94. The maximum absolute atomic E-state index is 12.1. The molecule has 0 saturated heterocycles. The van der Waals surface area contributed by atoms with Crippen LogP contribution in [0.25, 0.3) is 0 Å². The molecule has 1 aromatic heterocycles. The first-order valence-electron chi connectivity index (χ1n) is 7.08. The molecule has 0 radical (unpaired) electrons. The molecule has 0 aliphatic heterocycles. The smallest absolute Gasteiger partial charge is 0.269 e. The number of aryl methyl sites for hydroxylation is 2. The number of rotatable bonds is 7. The maximum Gasteiger partial charge on any atom is 0.269 e. The third-order valence-corrected chi connectivity index (χ3v) is 5.44. The lowest BCUT2D eigenvalue weighted by Gasteiger charge is -2.08. The van der Waals surface area contributed by atoms with Gasteiger partial charge in [0, 0.05) is 13.5 Å². The van der Waals surface area contributed by atoms with Gasteiger partial charge in [0.25, 0.3) is 10.0 Å². The monoisotopic (exact) mass is 370 g/mol. The molecule has 1 heterocycles. The van der Waals surface area contributed by atoms with Crippen molar-refractivity contribution in [2.45, 2.75) is 25.1 Å². The summed E-state index contributed by atoms with van der Waals surface area (Å²) >= 11 is 0.781. The van der Waals surface area contributed by atoms with Crippen LogP contribution < -0.4 is 14.8 Å². The summed E-state index contributed by atoms with van der Waals surface area (Å²) < 4.78 is 31.9. The summed E-state index contributed by atoms with van der Waals surface area (Å²) in [5, 5.41) is 9.69. The molecule has 0 saturated carbocycles. The Morgan fingerprint density at radius 3 is 2.50 bits per heavy atom. The minimum Gasteiger partial charge on any atom is -0.492 e. The minimum atomic E-state index is -3.78. The van der Waals surface area contributed by atoms with Crippen LogP contribution in [0.1, 0.15) is 18.1 Å². The number of ether oxygens (including phenoxy) is 1. The summed E-state index contributed by atoms with van der Waals surface area (Å²) in [5.74, 6) is 0.348. The van der Waals surface area contributed by atoms with Crippen LogP contribution in [0.2, 0.25) is 0 Å². The maximum atomic E-state index is 12.1. The highest BCUT2D eigenvalue weighted by atomic mass is 32.2. The largest absolute Gasteiger partial charge is 0.492 e. The fraction of sp³-hybridized carbons (Fsp3) is 0.357. The van der Waals surface area contributed by atoms with Gasteiger partial charge in [-0.05, 0) is 37.1 Å². The molecule has 0 spiro atoms. The molecule has 0 unspecified atom stereocenters. The first-order chi connectivity index (χ1) is 11.3. The summed E-state index contributed by atoms with van der Waals surface area (Å²) in [5.41, 5.74) is 2.15. The number of aromatic nitrogens is 2. The molecule has 0 aliphatic carbocycles. The Labute approximate surface area is 144 Å². The highest BCUT2D eigenvalue weighted by Gasteiger charge is 2.20. The predicted octanol–water partition coefficient (Wildman–Crippen LogP) is 1.47. The van der Waals surface area contributed by atoms with E-state index in [2.05, 4.69) is 20.2 Å². The second-order valence-electron chi connectivity index (χ2n) is 5.12. The average Bonchev–Trinajstić information content (AvgIpc) is 2.91. The minimum absolute atomic E-state index is 0.0877. The number of nitrogens with zero attached hydrogens (tertiary/aromatic N) is 2. The standard InChI is InChI=1S/C14H18N4O4S2/c1-9-6-10(2)8-12(7-9)22-5-4-15-24(20,21)14-18-17-13(23-14)16-11(3)19/h6-8,15H,4-5H2,1-3H3,(H,16,17,19). The molecular formula is C14H18N4O4S2. The Balaban J connectivity index is 1.88. The van der Waals surface area contributed by atoms with Gasteiger partial charge in [-0.3, -0.25) is 4.79 Å². The Morgan fingerprint density at radius 1 is 1.21 bits per heavy atom. The Kier molecular flexibility index (Phi) is 5.86. The van der Waals surface area contributed by atoms with Crippen molar-refractivity contribution in [1.82, 2.24) is 14.9 Å². The molecule has 0 atom stereocenters. The van der Waals surface area contributed by atoms with E-state index in [0.717, 1.165) is 22.5 Å². The molecule has 10 heteroatoms. The van der Waals surface area contributed by atoms with Crippen molar-refractivity contribution in [3.8, 4) is 5.75 Å². The van der Waals surface area contributed by atoms with E-state index in [9.17, 15) is 13.2 Å². The van der Waals surface area contributed by atoms with E-state index in [0.29, 0.717) is 5.75 Å². The van der Waals surface area contributed by atoms with E-state index >= 15 is 0 Å². The summed E-state index contributed by atoms with van der Waals surface area (Å²) in [7, 11) is -3.78. The zero-order chi connectivity index (χ0) is 17.7. The highest BCUT2D eigenvalue weighted by molar-refractivity contribution is 7.91. The quantitative estimate of drug-likeness (QED) is 0.564. The predicted molar refractivity (Wildman–Crippen MR) is 90.8 cm³/mol. The lowest BCUT2D eigenvalue weighted by Crippen LogP contribution is -2.28. The number of sulfonamides is 1. The fourth-order valence-electron chi connectivity index (χ4n) is 1.94. The summed E-state index contributed by atoms with van der Waals surface area (Å²) in [6.45, 7) is 5.50. The molecule has 2 rings (SSSR count). The van der Waals surface area contributed by atoms with Gasteiger partial charge in [-0.1, -0.05) is 17.4 Å². The van der Waals surface area contributed by atoms with Gasteiger partial charge in [-0.25, -0.2) is 13.1 Å². The van der Waals surface area contributed by atoms with Gasteiger partial charge in [-0.2, -0.15) is 0 Å². The van der Waals surface area contributed by atoms with E-state index in [-0.39, 0.29) is 28.5 Å². The van der Waals surface area contributed by atoms with Crippen LogP contribution in [-0.4, -0.2) is 37.7 Å². The topological polar surface area (TPSA) is 110 Å². The van der Waals surface area contributed by atoms with Crippen LogP contribution in [0.3, 0.4) is 0 Å². The number of hydrogen-bond donors (Lipinski definition) is 2. The van der Waals surface area contributed by atoms with Crippen LogP contribution in [0.5, 0.6) is 5.75 Å². The molecule has 1 aromatic carbocycles. The molecule has 2 N–H and O–H groups in total. The van der Waals surface area contributed by atoms with Gasteiger partial charge < -0.3 is 10.1 Å². The Bertz CT molecular complexity index is 813. The number of carbonyl (C=O) groups is 1. The van der Waals surface area contributed by atoms with Crippen LogP contribution in [-0.2, 0) is 14.8 Å². The van der Waals surface area contributed by atoms with Crippen molar-refractivity contribution in [3.63, 3.8) is 0 Å². The van der Waals surface area contributed by atoms with Crippen molar-refractivity contribution in [3.05, 3.63) is 29.3 Å². The normalized spacial score (nSPS) is 11.3. The summed E-state index contributed by atoms with van der Waals surface area (Å²) in [6, 6.07) is 5.79. The second-order valence-corrected chi connectivity index (χ2v) is 8.04. The first-order valence-corrected chi connectivity index (χ1v) is 9.38. The van der Waals surface area contributed by atoms with Gasteiger partial charge in [0.2, 0.25) is 15.4 Å². The van der Waals surface area contributed by atoms with Crippen LogP contribution >= 0.6 is 11.3 Å². The Hall–Kier alpha value is -2.04. The summed E-state index contributed by atoms with van der Waals surface area (Å²) in [4.78, 5) is 10.9. The first kappa shape index (κ1) is 18.3. The molecule has 2 aromatic rings.